The molecule has 1 fully saturated rings. The van der Waals surface area contributed by atoms with Gasteiger partial charge in [0.15, 0.2) is 6.04 Å². The monoisotopic (exact) mass is 363 g/mol. The van der Waals surface area contributed by atoms with Crippen LogP contribution in [0.3, 0.4) is 0 Å². The van der Waals surface area contributed by atoms with Crippen molar-refractivity contribution < 1.29 is 19.4 Å². The molecule has 1 aromatic carbocycles. The van der Waals surface area contributed by atoms with Crippen molar-refractivity contribution in [2.75, 3.05) is 13.2 Å². The Bertz CT molecular complexity index is 626. The van der Waals surface area contributed by atoms with Gasteiger partial charge < -0.3 is 15.2 Å². The lowest BCUT2D eigenvalue weighted by atomic mass is 10.1. The molecule has 1 saturated carbocycles. The highest BCUT2D eigenvalue weighted by Gasteiger charge is 2.24. The normalized spacial score (nSPS) is 15.7. The maximum absolute atomic E-state index is 12.7. The second-order valence-electron chi connectivity index (χ2n) is 6.21. The molecule has 25 heavy (non-hydrogen) atoms. The molecule has 1 aliphatic carbocycles. The van der Waals surface area contributed by atoms with Crippen LogP contribution in [-0.2, 0) is 9.53 Å². The summed E-state index contributed by atoms with van der Waals surface area (Å²) >= 11 is 1.72. The topological polar surface area (TPSA) is 75.6 Å². The number of aryl methyl sites for hydroxylation is 1. The maximum Gasteiger partial charge on any atom is 0.328 e. The van der Waals surface area contributed by atoms with Crippen molar-refractivity contribution >= 4 is 23.6 Å². The summed E-state index contributed by atoms with van der Waals surface area (Å²) in [6, 6.07) is 4.67. The van der Waals surface area contributed by atoms with Crippen LogP contribution in [-0.4, -0.2) is 41.5 Å². The Morgan fingerprint density at radius 2 is 2.16 bits per heavy atom. The lowest BCUT2D eigenvalue weighted by molar-refractivity contribution is -0.140. The minimum Gasteiger partial charge on any atom is -0.480 e. The molecule has 1 unspecified atom stereocenters. The number of amides is 1. The summed E-state index contributed by atoms with van der Waals surface area (Å²) in [5, 5.41) is 12.4. The first-order valence-electron chi connectivity index (χ1n) is 8.51. The third kappa shape index (κ3) is 5.90. The molecule has 0 aromatic heterocycles. The number of hydrogen-bond acceptors (Lipinski definition) is 4. The highest BCUT2D eigenvalue weighted by Crippen LogP contribution is 2.36. The first kappa shape index (κ1) is 19.5. The van der Waals surface area contributed by atoms with Gasteiger partial charge in [-0.05, 0) is 31.9 Å². The Labute approximate surface area is 152 Å². The van der Waals surface area contributed by atoms with E-state index in [1.807, 2.05) is 25.1 Å². The molecule has 1 atom stereocenters. The standard InChI is InChI=1S/C19H25NO4S/c1-3-10-24-12-16(19(22)23)20-18(21)15-11-13(2)8-9-17(15)25-14-6-4-5-7-14/h3,8-9,11,14,16H,1,4-7,10,12H2,2H3,(H,20,21)(H,22,23). The van der Waals surface area contributed by atoms with Crippen LogP contribution < -0.4 is 5.32 Å². The summed E-state index contributed by atoms with van der Waals surface area (Å²) in [7, 11) is 0. The molecule has 0 radical (unpaired) electrons. The maximum atomic E-state index is 12.7. The van der Waals surface area contributed by atoms with Crippen LogP contribution in [0.1, 0.15) is 41.6 Å². The fraction of sp³-hybridized carbons (Fsp3) is 0.474. The predicted molar refractivity (Wildman–Crippen MR) is 99.2 cm³/mol. The molecule has 0 spiro atoms. The van der Waals surface area contributed by atoms with Gasteiger partial charge in [0, 0.05) is 10.1 Å². The average molecular weight is 363 g/mol. The lowest BCUT2D eigenvalue weighted by Gasteiger charge is -2.17. The quantitative estimate of drug-likeness (QED) is 0.519. The number of benzene rings is 1. The van der Waals surface area contributed by atoms with Crippen LogP contribution in [0, 0.1) is 6.92 Å². The van der Waals surface area contributed by atoms with Crippen molar-refractivity contribution in [3.63, 3.8) is 0 Å². The SMILES string of the molecule is C=CCOCC(NC(=O)c1cc(C)ccc1SC1CCCC1)C(=O)O. The summed E-state index contributed by atoms with van der Waals surface area (Å²) in [6.07, 6.45) is 6.32. The first-order valence-corrected chi connectivity index (χ1v) is 9.39. The molecule has 0 heterocycles. The van der Waals surface area contributed by atoms with Gasteiger partial charge in [0.05, 0.1) is 18.8 Å². The second kappa shape index (κ2) is 9.63. The van der Waals surface area contributed by atoms with Gasteiger partial charge in [-0.3, -0.25) is 4.79 Å². The highest BCUT2D eigenvalue weighted by molar-refractivity contribution is 8.00. The minimum absolute atomic E-state index is 0.0932. The lowest BCUT2D eigenvalue weighted by Crippen LogP contribution is -2.44. The van der Waals surface area contributed by atoms with Gasteiger partial charge in [-0.25, -0.2) is 4.79 Å². The summed E-state index contributed by atoms with van der Waals surface area (Å²) in [5.74, 6) is -1.49. The van der Waals surface area contributed by atoms with E-state index in [9.17, 15) is 14.7 Å². The van der Waals surface area contributed by atoms with Crippen molar-refractivity contribution in [1.82, 2.24) is 5.32 Å². The molecule has 0 aliphatic heterocycles. The molecular weight excluding hydrogens is 338 g/mol. The minimum atomic E-state index is -1.12. The smallest absolute Gasteiger partial charge is 0.328 e. The van der Waals surface area contributed by atoms with E-state index in [0.29, 0.717) is 10.8 Å². The number of rotatable bonds is 9. The zero-order valence-electron chi connectivity index (χ0n) is 14.5. The van der Waals surface area contributed by atoms with Gasteiger partial charge in [0.2, 0.25) is 0 Å². The average Bonchev–Trinajstić information content (AvgIpc) is 3.08. The summed E-state index contributed by atoms with van der Waals surface area (Å²) in [4.78, 5) is 24.9. The molecule has 6 heteroatoms. The molecule has 0 saturated heterocycles. The Kier molecular flexibility index (Phi) is 7.52. The Hall–Kier alpha value is -1.79. The van der Waals surface area contributed by atoms with Gasteiger partial charge in [0.1, 0.15) is 0 Å². The van der Waals surface area contributed by atoms with E-state index in [1.165, 1.54) is 18.9 Å². The van der Waals surface area contributed by atoms with E-state index in [4.69, 9.17) is 4.74 Å². The van der Waals surface area contributed by atoms with Gasteiger partial charge in [-0.1, -0.05) is 30.5 Å². The third-order valence-corrected chi connectivity index (χ3v) is 5.51. The van der Waals surface area contributed by atoms with Crippen molar-refractivity contribution in [2.24, 2.45) is 0 Å². The van der Waals surface area contributed by atoms with Gasteiger partial charge in [-0.15, -0.1) is 18.3 Å². The van der Waals surface area contributed by atoms with Gasteiger partial charge in [0.25, 0.3) is 5.91 Å². The van der Waals surface area contributed by atoms with Crippen LogP contribution in [0.4, 0.5) is 0 Å². The fourth-order valence-corrected chi connectivity index (χ4v) is 4.14. The van der Waals surface area contributed by atoms with E-state index in [0.717, 1.165) is 23.3 Å². The summed E-state index contributed by atoms with van der Waals surface area (Å²) in [5.41, 5.74) is 1.50. The molecular formula is C19H25NO4S. The van der Waals surface area contributed by atoms with Gasteiger partial charge >= 0.3 is 5.97 Å². The van der Waals surface area contributed by atoms with Crippen LogP contribution in [0.2, 0.25) is 0 Å². The number of thioether (sulfide) groups is 1. The number of ether oxygens (including phenoxy) is 1. The van der Waals surface area contributed by atoms with Gasteiger partial charge in [-0.2, -0.15) is 0 Å². The first-order chi connectivity index (χ1) is 12.0. The largest absolute Gasteiger partial charge is 0.480 e. The Morgan fingerprint density at radius 3 is 2.80 bits per heavy atom. The number of nitrogens with one attached hydrogen (secondary N) is 1. The molecule has 0 bridgehead atoms. The zero-order chi connectivity index (χ0) is 18.2. The number of carboxylic acids is 1. The number of carbonyl (C=O) groups is 2. The summed E-state index contributed by atoms with van der Waals surface area (Å²) in [6.45, 7) is 5.59. The number of hydrogen-bond donors (Lipinski definition) is 2. The van der Waals surface area contributed by atoms with E-state index < -0.39 is 12.0 Å². The van der Waals surface area contributed by atoms with Crippen LogP contribution in [0.5, 0.6) is 0 Å². The molecule has 136 valence electrons. The van der Waals surface area contributed by atoms with E-state index >= 15 is 0 Å². The second-order valence-corrected chi connectivity index (χ2v) is 7.56. The van der Waals surface area contributed by atoms with Crippen molar-refractivity contribution in [1.29, 1.82) is 0 Å². The molecule has 1 aliphatic rings. The molecule has 2 N–H and O–H groups in total. The Morgan fingerprint density at radius 1 is 1.44 bits per heavy atom. The molecule has 5 nitrogen and oxygen atoms in total. The van der Waals surface area contributed by atoms with Crippen molar-refractivity contribution in [3.8, 4) is 0 Å². The highest BCUT2D eigenvalue weighted by atomic mass is 32.2. The van der Waals surface area contributed by atoms with Crippen molar-refractivity contribution in [2.45, 2.75) is 48.8 Å². The van der Waals surface area contributed by atoms with E-state index in [-0.39, 0.29) is 19.1 Å². The van der Waals surface area contributed by atoms with E-state index in [2.05, 4.69) is 11.9 Å². The number of aliphatic carboxylic acids is 1. The summed E-state index contributed by atoms with van der Waals surface area (Å²) < 4.78 is 5.19. The molecule has 1 aromatic rings. The third-order valence-electron chi connectivity index (χ3n) is 4.10. The fourth-order valence-electron chi connectivity index (χ4n) is 2.79. The van der Waals surface area contributed by atoms with Crippen LogP contribution in [0.25, 0.3) is 0 Å². The molecule has 2 rings (SSSR count). The zero-order valence-corrected chi connectivity index (χ0v) is 15.3. The predicted octanol–water partition coefficient (Wildman–Crippen LogP) is 3.42. The molecule has 1 amide bonds. The van der Waals surface area contributed by atoms with Crippen LogP contribution >= 0.6 is 11.8 Å². The van der Waals surface area contributed by atoms with Crippen LogP contribution in [0.15, 0.2) is 35.7 Å². The number of carbonyl (C=O) groups excluding carboxylic acids is 1. The number of carboxylic acid groups (broad SMARTS) is 1. The van der Waals surface area contributed by atoms with Crippen molar-refractivity contribution in [3.05, 3.63) is 42.0 Å². The van der Waals surface area contributed by atoms with E-state index in [1.54, 1.807) is 11.8 Å². The Balaban J connectivity index is 2.11.